The highest BCUT2D eigenvalue weighted by atomic mass is 16.1. The molecule has 0 saturated heterocycles. The number of carbonyl (C=O) groups is 1. The Bertz CT molecular complexity index is 689. The highest BCUT2D eigenvalue weighted by molar-refractivity contribution is 5.97. The number of hydrogen-bond donors (Lipinski definition) is 1. The van der Waals surface area contributed by atoms with Gasteiger partial charge in [-0.1, -0.05) is 6.92 Å². The first-order valence-corrected chi connectivity index (χ1v) is 7.96. The Hall–Kier alpha value is -1.88. The van der Waals surface area contributed by atoms with Crippen LogP contribution in [-0.4, -0.2) is 47.5 Å². The summed E-state index contributed by atoms with van der Waals surface area (Å²) < 4.78 is 2.29. The predicted octanol–water partition coefficient (Wildman–Crippen LogP) is 1.91. The molecule has 1 aliphatic rings. The molecule has 0 bridgehead atoms. The van der Waals surface area contributed by atoms with E-state index in [1.807, 2.05) is 37.2 Å². The SMILES string of the molecule is CC1CCn2c(nc3cc(C(=O)NCCN(C)C)ccc32)C1. The summed E-state index contributed by atoms with van der Waals surface area (Å²) in [7, 11) is 3.99. The fourth-order valence-electron chi connectivity index (χ4n) is 2.98. The van der Waals surface area contributed by atoms with E-state index >= 15 is 0 Å². The molecule has 0 spiro atoms. The Morgan fingerprint density at radius 3 is 3.05 bits per heavy atom. The summed E-state index contributed by atoms with van der Waals surface area (Å²) >= 11 is 0. The largest absolute Gasteiger partial charge is 0.351 e. The van der Waals surface area contributed by atoms with Crippen molar-refractivity contribution in [1.82, 2.24) is 19.8 Å². The molecule has 1 N–H and O–H groups in total. The van der Waals surface area contributed by atoms with Crippen LogP contribution in [0.4, 0.5) is 0 Å². The van der Waals surface area contributed by atoms with Crippen molar-refractivity contribution in [1.29, 1.82) is 0 Å². The molecule has 5 nitrogen and oxygen atoms in total. The third-order valence-electron chi connectivity index (χ3n) is 4.31. The zero-order valence-electron chi connectivity index (χ0n) is 13.6. The number of imidazole rings is 1. The van der Waals surface area contributed by atoms with Crippen LogP contribution in [0.15, 0.2) is 18.2 Å². The molecule has 3 rings (SSSR count). The minimum absolute atomic E-state index is 0.0249. The van der Waals surface area contributed by atoms with Crippen molar-refractivity contribution < 1.29 is 4.79 Å². The molecular weight excluding hydrogens is 276 g/mol. The van der Waals surface area contributed by atoms with Gasteiger partial charge in [-0.25, -0.2) is 4.98 Å². The van der Waals surface area contributed by atoms with Crippen molar-refractivity contribution in [2.75, 3.05) is 27.2 Å². The fourth-order valence-corrected chi connectivity index (χ4v) is 2.98. The molecule has 1 aromatic carbocycles. The normalized spacial score (nSPS) is 17.7. The van der Waals surface area contributed by atoms with Crippen LogP contribution in [0.25, 0.3) is 11.0 Å². The minimum Gasteiger partial charge on any atom is -0.351 e. The van der Waals surface area contributed by atoms with Crippen LogP contribution in [0, 0.1) is 5.92 Å². The van der Waals surface area contributed by atoms with Gasteiger partial charge in [-0.05, 0) is 44.6 Å². The molecule has 2 heterocycles. The van der Waals surface area contributed by atoms with Crippen LogP contribution < -0.4 is 5.32 Å². The van der Waals surface area contributed by atoms with Crippen LogP contribution in [0.3, 0.4) is 0 Å². The Kier molecular flexibility index (Phi) is 4.16. The molecule has 0 fully saturated rings. The zero-order valence-corrected chi connectivity index (χ0v) is 13.6. The lowest BCUT2D eigenvalue weighted by Gasteiger charge is -2.20. The van der Waals surface area contributed by atoms with Gasteiger partial charge >= 0.3 is 0 Å². The number of hydrogen-bond acceptors (Lipinski definition) is 3. The van der Waals surface area contributed by atoms with Crippen molar-refractivity contribution in [2.45, 2.75) is 26.3 Å². The second-order valence-electron chi connectivity index (χ2n) is 6.54. The summed E-state index contributed by atoms with van der Waals surface area (Å²) in [5, 5.41) is 2.95. The number of amides is 1. The molecule has 1 atom stereocenters. The lowest BCUT2D eigenvalue weighted by atomic mass is 10.0. The van der Waals surface area contributed by atoms with Crippen molar-refractivity contribution in [2.24, 2.45) is 5.92 Å². The second-order valence-corrected chi connectivity index (χ2v) is 6.54. The summed E-state index contributed by atoms with van der Waals surface area (Å²) in [6.45, 7) is 4.79. The summed E-state index contributed by atoms with van der Waals surface area (Å²) in [5.74, 6) is 1.82. The van der Waals surface area contributed by atoms with Crippen LogP contribution >= 0.6 is 0 Å². The number of nitrogens with one attached hydrogen (secondary N) is 1. The topological polar surface area (TPSA) is 50.2 Å². The molecule has 22 heavy (non-hydrogen) atoms. The number of aryl methyl sites for hydroxylation is 1. The Balaban J connectivity index is 1.80. The first kappa shape index (κ1) is 15.0. The Labute approximate surface area is 131 Å². The lowest BCUT2D eigenvalue weighted by molar-refractivity contribution is 0.0951. The van der Waals surface area contributed by atoms with E-state index in [-0.39, 0.29) is 5.91 Å². The summed E-state index contributed by atoms with van der Waals surface area (Å²) in [5.41, 5.74) is 2.77. The van der Waals surface area contributed by atoms with Crippen molar-refractivity contribution in [3.05, 3.63) is 29.6 Å². The van der Waals surface area contributed by atoms with Crippen LogP contribution in [0.1, 0.15) is 29.5 Å². The molecular formula is C17H24N4O. The molecule has 0 radical (unpaired) electrons. The number of likely N-dealkylation sites (N-methyl/N-ethyl adjacent to an activating group) is 1. The number of rotatable bonds is 4. The highest BCUT2D eigenvalue weighted by Gasteiger charge is 2.19. The van der Waals surface area contributed by atoms with Gasteiger partial charge in [-0.15, -0.1) is 0 Å². The predicted molar refractivity (Wildman–Crippen MR) is 88.1 cm³/mol. The average molecular weight is 300 g/mol. The molecule has 5 heteroatoms. The van der Waals surface area contributed by atoms with Gasteiger partial charge in [0.2, 0.25) is 0 Å². The van der Waals surface area contributed by atoms with E-state index in [0.29, 0.717) is 18.0 Å². The number of carbonyl (C=O) groups excluding carboxylic acids is 1. The fraction of sp³-hybridized carbons (Fsp3) is 0.529. The zero-order chi connectivity index (χ0) is 15.7. The van der Waals surface area contributed by atoms with E-state index < -0.39 is 0 Å². The van der Waals surface area contributed by atoms with Crippen molar-refractivity contribution >= 4 is 16.9 Å². The number of fused-ring (bicyclic) bond motifs is 3. The van der Waals surface area contributed by atoms with Gasteiger partial charge in [0.1, 0.15) is 5.82 Å². The summed E-state index contributed by atoms with van der Waals surface area (Å²) in [6, 6.07) is 5.85. The summed E-state index contributed by atoms with van der Waals surface area (Å²) in [4.78, 5) is 19.0. The van der Waals surface area contributed by atoms with Crippen LogP contribution in [0.2, 0.25) is 0 Å². The quantitative estimate of drug-likeness (QED) is 0.938. The molecule has 1 aliphatic heterocycles. The van der Waals surface area contributed by atoms with E-state index in [4.69, 9.17) is 4.98 Å². The van der Waals surface area contributed by atoms with Gasteiger partial charge in [0, 0.05) is 31.6 Å². The third kappa shape index (κ3) is 2.99. The van der Waals surface area contributed by atoms with Gasteiger partial charge in [0.15, 0.2) is 0 Å². The molecule has 1 unspecified atom stereocenters. The first-order chi connectivity index (χ1) is 10.5. The lowest BCUT2D eigenvalue weighted by Crippen LogP contribution is -2.31. The Morgan fingerprint density at radius 1 is 1.45 bits per heavy atom. The number of aromatic nitrogens is 2. The van der Waals surface area contributed by atoms with Gasteiger partial charge in [-0.3, -0.25) is 4.79 Å². The molecule has 1 amide bonds. The number of benzene rings is 1. The van der Waals surface area contributed by atoms with Crippen molar-refractivity contribution in [3.63, 3.8) is 0 Å². The van der Waals surface area contributed by atoms with Crippen molar-refractivity contribution in [3.8, 4) is 0 Å². The Morgan fingerprint density at radius 2 is 2.27 bits per heavy atom. The van der Waals surface area contributed by atoms with E-state index in [1.165, 1.54) is 6.42 Å². The van der Waals surface area contributed by atoms with Gasteiger partial charge in [0.25, 0.3) is 5.91 Å². The maximum Gasteiger partial charge on any atom is 0.251 e. The van der Waals surface area contributed by atoms with Gasteiger partial charge in [0.05, 0.1) is 11.0 Å². The molecule has 0 saturated carbocycles. The second kappa shape index (κ2) is 6.08. The van der Waals surface area contributed by atoms with E-state index in [9.17, 15) is 4.79 Å². The maximum absolute atomic E-state index is 12.2. The molecule has 1 aromatic heterocycles. The average Bonchev–Trinajstić information content (AvgIpc) is 2.82. The molecule has 118 valence electrons. The van der Waals surface area contributed by atoms with E-state index in [0.717, 1.165) is 36.4 Å². The van der Waals surface area contributed by atoms with Gasteiger partial charge < -0.3 is 14.8 Å². The standard InChI is InChI=1S/C17H24N4O/c1-12-6-8-21-15-5-4-13(11-14(15)19-16(21)10-12)17(22)18-7-9-20(2)3/h4-5,11-12H,6-10H2,1-3H3,(H,18,22). The summed E-state index contributed by atoms with van der Waals surface area (Å²) in [6.07, 6.45) is 2.23. The van der Waals surface area contributed by atoms with E-state index in [1.54, 1.807) is 0 Å². The smallest absolute Gasteiger partial charge is 0.251 e. The van der Waals surface area contributed by atoms with Crippen LogP contribution in [0.5, 0.6) is 0 Å². The first-order valence-electron chi connectivity index (χ1n) is 7.96. The highest BCUT2D eigenvalue weighted by Crippen LogP contribution is 2.25. The number of nitrogens with zero attached hydrogens (tertiary/aromatic N) is 3. The monoisotopic (exact) mass is 300 g/mol. The minimum atomic E-state index is -0.0249. The van der Waals surface area contributed by atoms with Gasteiger partial charge in [-0.2, -0.15) is 0 Å². The molecule has 0 aliphatic carbocycles. The van der Waals surface area contributed by atoms with Crippen LogP contribution in [-0.2, 0) is 13.0 Å². The maximum atomic E-state index is 12.2. The van der Waals surface area contributed by atoms with E-state index in [2.05, 4.69) is 16.8 Å². The third-order valence-corrected chi connectivity index (χ3v) is 4.31. The molecule has 2 aromatic rings.